The molecule has 0 bridgehead atoms. The van der Waals surface area contributed by atoms with Crippen LogP contribution in [0.2, 0.25) is 0 Å². The van der Waals surface area contributed by atoms with Crippen molar-refractivity contribution in [2.45, 2.75) is 19.2 Å². The largest absolute Gasteiger partial charge is 0.411 e. The zero-order valence-corrected chi connectivity index (χ0v) is 9.49. The van der Waals surface area contributed by atoms with Gasteiger partial charge in [-0.15, -0.1) is 0 Å². The third-order valence-corrected chi connectivity index (χ3v) is 1.66. The van der Waals surface area contributed by atoms with Gasteiger partial charge in [-0.3, -0.25) is 4.79 Å². The third-order valence-electron chi connectivity index (χ3n) is 1.66. The van der Waals surface area contributed by atoms with E-state index in [1.54, 1.807) is 0 Å². The van der Waals surface area contributed by atoms with Gasteiger partial charge in [0, 0.05) is 7.11 Å². The van der Waals surface area contributed by atoms with Crippen LogP contribution in [0, 0.1) is 0 Å². The molecule has 0 N–H and O–H groups in total. The van der Waals surface area contributed by atoms with E-state index in [2.05, 4.69) is 24.1 Å². The lowest BCUT2D eigenvalue weighted by Gasteiger charge is -2.04. The highest BCUT2D eigenvalue weighted by molar-refractivity contribution is 5.81. The van der Waals surface area contributed by atoms with Crippen molar-refractivity contribution in [3.05, 3.63) is 11.7 Å². The zero-order valence-electron chi connectivity index (χ0n) is 9.49. The van der Waals surface area contributed by atoms with Crippen molar-refractivity contribution in [2.24, 2.45) is 0 Å². The molecule has 0 fully saturated rings. The number of halogens is 3. The Bertz CT molecular complexity index is 391. The van der Waals surface area contributed by atoms with E-state index in [-0.39, 0.29) is 30.5 Å². The number of alkyl halides is 3. The molecule has 0 aliphatic carbocycles. The SMILES string of the molecule is COCC(=O)Cc1nc(COCC(F)(F)F)no1. The summed E-state index contributed by atoms with van der Waals surface area (Å²) >= 11 is 0. The first-order valence-electron chi connectivity index (χ1n) is 4.87. The number of ether oxygens (including phenoxy) is 2. The quantitative estimate of drug-likeness (QED) is 0.731. The van der Waals surface area contributed by atoms with Gasteiger partial charge in [0.25, 0.3) is 0 Å². The Balaban J connectivity index is 2.37. The summed E-state index contributed by atoms with van der Waals surface area (Å²) in [6.07, 6.45) is -4.53. The topological polar surface area (TPSA) is 74.5 Å². The third kappa shape index (κ3) is 5.73. The van der Waals surface area contributed by atoms with Gasteiger partial charge in [0.15, 0.2) is 11.6 Å². The Kier molecular flexibility index (Phi) is 5.23. The molecule has 1 aromatic heterocycles. The van der Waals surface area contributed by atoms with E-state index in [0.29, 0.717) is 0 Å². The van der Waals surface area contributed by atoms with E-state index in [4.69, 9.17) is 0 Å². The summed E-state index contributed by atoms with van der Waals surface area (Å²) in [7, 11) is 1.36. The van der Waals surface area contributed by atoms with Gasteiger partial charge in [-0.1, -0.05) is 5.16 Å². The van der Waals surface area contributed by atoms with Crippen molar-refractivity contribution in [1.29, 1.82) is 0 Å². The van der Waals surface area contributed by atoms with E-state index in [0.717, 1.165) is 0 Å². The van der Waals surface area contributed by atoms with Crippen LogP contribution < -0.4 is 0 Å². The van der Waals surface area contributed by atoms with Crippen LogP contribution in [0.3, 0.4) is 0 Å². The first-order chi connectivity index (χ1) is 8.40. The van der Waals surface area contributed by atoms with Crippen LogP contribution in [-0.4, -0.2) is 42.4 Å². The maximum atomic E-state index is 11.8. The first-order valence-corrected chi connectivity index (χ1v) is 4.87. The van der Waals surface area contributed by atoms with E-state index in [1.165, 1.54) is 7.11 Å². The molecule has 0 aliphatic rings. The number of Topliss-reactive ketones (excluding diaryl/α,β-unsaturated/α-hetero) is 1. The highest BCUT2D eigenvalue weighted by Crippen LogP contribution is 2.15. The van der Waals surface area contributed by atoms with Crippen LogP contribution in [-0.2, 0) is 27.3 Å². The summed E-state index contributed by atoms with van der Waals surface area (Å²) in [5.74, 6) is -0.300. The van der Waals surface area contributed by atoms with Crippen LogP contribution in [0.5, 0.6) is 0 Å². The molecule has 18 heavy (non-hydrogen) atoms. The Morgan fingerprint density at radius 3 is 2.78 bits per heavy atom. The zero-order chi connectivity index (χ0) is 13.6. The fourth-order valence-corrected chi connectivity index (χ4v) is 1.06. The van der Waals surface area contributed by atoms with Gasteiger partial charge >= 0.3 is 6.18 Å². The van der Waals surface area contributed by atoms with Crippen molar-refractivity contribution in [3.8, 4) is 0 Å². The summed E-state index contributed by atoms with van der Waals surface area (Å²) in [4.78, 5) is 14.8. The second-order valence-electron chi connectivity index (χ2n) is 3.36. The molecule has 9 heteroatoms. The summed E-state index contributed by atoms with van der Waals surface area (Å²) in [6, 6.07) is 0. The molecule has 0 atom stereocenters. The van der Waals surface area contributed by atoms with Crippen LogP contribution in [0.1, 0.15) is 11.7 Å². The Morgan fingerprint density at radius 1 is 1.44 bits per heavy atom. The number of carbonyl (C=O) groups is 1. The molecule has 0 amide bonds. The molecule has 1 heterocycles. The number of ketones is 1. The molecule has 0 radical (unpaired) electrons. The number of nitrogens with zero attached hydrogens (tertiary/aromatic N) is 2. The van der Waals surface area contributed by atoms with E-state index in [1.807, 2.05) is 0 Å². The van der Waals surface area contributed by atoms with Gasteiger partial charge in [-0.05, 0) is 0 Å². The molecular weight excluding hydrogens is 257 g/mol. The average Bonchev–Trinajstić information content (AvgIpc) is 2.64. The normalized spacial score (nSPS) is 11.8. The molecule has 6 nitrogen and oxygen atoms in total. The number of rotatable bonds is 7. The number of hydrogen-bond acceptors (Lipinski definition) is 6. The summed E-state index contributed by atoms with van der Waals surface area (Å²) in [5, 5.41) is 3.38. The minimum absolute atomic E-state index is 0.0164. The summed E-state index contributed by atoms with van der Waals surface area (Å²) in [5.41, 5.74) is 0. The average molecular weight is 268 g/mol. The van der Waals surface area contributed by atoms with Gasteiger partial charge in [0.05, 0.1) is 6.42 Å². The summed E-state index contributed by atoms with van der Waals surface area (Å²) in [6.45, 7) is -1.91. The van der Waals surface area contributed by atoms with Crippen molar-refractivity contribution >= 4 is 5.78 Å². The fraction of sp³-hybridized carbons (Fsp3) is 0.667. The van der Waals surface area contributed by atoms with Gasteiger partial charge in [-0.2, -0.15) is 18.2 Å². The van der Waals surface area contributed by atoms with Crippen LogP contribution in [0.15, 0.2) is 4.52 Å². The Labute approximate surface area is 100 Å². The van der Waals surface area contributed by atoms with Gasteiger partial charge in [-0.25, -0.2) is 0 Å². The van der Waals surface area contributed by atoms with Gasteiger partial charge in [0.2, 0.25) is 5.89 Å². The molecule has 102 valence electrons. The van der Waals surface area contributed by atoms with Crippen molar-refractivity contribution in [3.63, 3.8) is 0 Å². The molecule has 1 rings (SSSR count). The van der Waals surface area contributed by atoms with E-state index < -0.39 is 19.4 Å². The maximum absolute atomic E-state index is 11.8. The Hall–Kier alpha value is -1.48. The number of hydrogen-bond donors (Lipinski definition) is 0. The molecule has 1 aromatic rings. The number of carbonyl (C=O) groups excluding carboxylic acids is 1. The molecule has 0 aromatic carbocycles. The highest BCUT2D eigenvalue weighted by atomic mass is 19.4. The van der Waals surface area contributed by atoms with Crippen LogP contribution in [0.4, 0.5) is 13.2 Å². The van der Waals surface area contributed by atoms with Crippen molar-refractivity contribution in [2.75, 3.05) is 20.3 Å². The minimum Gasteiger partial charge on any atom is -0.377 e. The minimum atomic E-state index is -4.40. The molecule has 0 saturated heterocycles. The smallest absolute Gasteiger partial charge is 0.377 e. The predicted molar refractivity (Wildman–Crippen MR) is 50.6 cm³/mol. The second kappa shape index (κ2) is 6.45. The molecule has 0 unspecified atom stereocenters. The van der Waals surface area contributed by atoms with E-state index in [9.17, 15) is 18.0 Å². The molecule has 0 aliphatic heterocycles. The lowest BCUT2D eigenvalue weighted by atomic mass is 10.3. The van der Waals surface area contributed by atoms with E-state index >= 15 is 0 Å². The lowest BCUT2D eigenvalue weighted by Crippen LogP contribution is -2.17. The highest BCUT2D eigenvalue weighted by Gasteiger charge is 2.27. The predicted octanol–water partition coefficient (Wildman–Crippen LogP) is 0.907. The molecular formula is C9H11F3N2O4. The molecule has 0 spiro atoms. The monoisotopic (exact) mass is 268 g/mol. The first kappa shape index (κ1) is 14.6. The second-order valence-corrected chi connectivity index (χ2v) is 3.36. The summed E-state index contributed by atoms with van der Waals surface area (Å²) < 4.78 is 48.9. The standard InChI is InChI=1S/C9H11F3N2O4/c1-16-3-6(15)2-8-13-7(14-18-8)4-17-5-9(10,11)12/h2-5H2,1H3. The van der Waals surface area contributed by atoms with Crippen LogP contribution in [0.25, 0.3) is 0 Å². The number of aromatic nitrogens is 2. The maximum Gasteiger partial charge on any atom is 0.411 e. The number of methoxy groups -OCH3 is 1. The van der Waals surface area contributed by atoms with Crippen molar-refractivity contribution in [1.82, 2.24) is 10.1 Å². The van der Waals surface area contributed by atoms with Crippen molar-refractivity contribution < 1.29 is 32.0 Å². The Morgan fingerprint density at radius 2 is 2.17 bits per heavy atom. The fourth-order valence-electron chi connectivity index (χ4n) is 1.06. The van der Waals surface area contributed by atoms with Gasteiger partial charge < -0.3 is 14.0 Å². The molecule has 0 saturated carbocycles. The van der Waals surface area contributed by atoms with Crippen LogP contribution >= 0.6 is 0 Å². The lowest BCUT2D eigenvalue weighted by molar-refractivity contribution is -0.177. The van der Waals surface area contributed by atoms with Gasteiger partial charge in [0.1, 0.15) is 19.8 Å².